The molecule has 2 bridgehead atoms. The lowest BCUT2D eigenvalue weighted by Crippen LogP contribution is -2.32. The molecule has 5 fully saturated rings. The van der Waals surface area contributed by atoms with Crippen molar-refractivity contribution in [3.63, 3.8) is 0 Å². The Hall–Kier alpha value is -1.96. The maximum Gasteiger partial charge on any atom is 0.165 e. The average Bonchev–Trinajstić information content (AvgIpc) is 2.80. The number of Topliss-reactive ketones (excluding diaryl/α,β-unsaturated/α-hetero) is 2. The van der Waals surface area contributed by atoms with Gasteiger partial charge in [-0.15, -0.1) is 0 Å². The molecule has 2 heteroatoms. The van der Waals surface area contributed by atoms with Crippen LogP contribution in [0.25, 0.3) is 12.2 Å². The van der Waals surface area contributed by atoms with Gasteiger partial charge in [-0.25, -0.2) is 0 Å². The summed E-state index contributed by atoms with van der Waals surface area (Å²) in [5.74, 6) is 2.19. The molecule has 0 saturated heterocycles. The molecule has 0 amide bonds. The highest BCUT2D eigenvalue weighted by molar-refractivity contribution is 6.12. The van der Waals surface area contributed by atoms with Gasteiger partial charge in [0.25, 0.3) is 0 Å². The van der Waals surface area contributed by atoms with Crippen LogP contribution in [-0.4, -0.2) is 11.6 Å². The van der Waals surface area contributed by atoms with Crippen molar-refractivity contribution in [2.75, 3.05) is 0 Å². The fraction of sp³-hybridized carbons (Fsp3) is 0.556. The SMILES string of the molecule is CC12CCC(/C(=C\c3ccc(/C=C4/C(=O)C5(C)C6CC4C65C)cc3)C1=O)C2(C)C. The number of carbonyl (C=O) groups excluding carboxylic acids is 2. The maximum absolute atomic E-state index is 13.1. The Morgan fingerprint density at radius 3 is 1.83 bits per heavy atom. The van der Waals surface area contributed by atoms with Gasteiger partial charge >= 0.3 is 0 Å². The minimum absolute atomic E-state index is 0.0524. The van der Waals surface area contributed by atoms with Crippen LogP contribution in [0, 0.1) is 39.4 Å². The summed E-state index contributed by atoms with van der Waals surface area (Å²) in [6.45, 7) is 11.1. The van der Waals surface area contributed by atoms with Gasteiger partial charge < -0.3 is 0 Å². The molecular weight excluding hydrogens is 356 g/mol. The molecule has 0 aliphatic heterocycles. The third-order valence-corrected chi connectivity index (χ3v) is 10.7. The minimum Gasteiger partial charge on any atom is -0.294 e. The molecular formula is C27H30O2. The third-order valence-electron chi connectivity index (χ3n) is 10.7. The van der Waals surface area contributed by atoms with Crippen molar-refractivity contribution in [2.24, 2.45) is 39.4 Å². The first-order chi connectivity index (χ1) is 13.6. The first-order valence-electron chi connectivity index (χ1n) is 11.2. The van der Waals surface area contributed by atoms with Gasteiger partial charge in [0.1, 0.15) is 0 Å². The molecule has 5 aliphatic rings. The summed E-state index contributed by atoms with van der Waals surface area (Å²) in [5.41, 5.74) is 4.25. The Labute approximate surface area is 173 Å². The van der Waals surface area contributed by atoms with Crippen LogP contribution in [0.1, 0.15) is 65.0 Å². The predicted octanol–water partition coefficient (Wildman–Crippen LogP) is 5.72. The molecule has 0 radical (unpaired) electrons. The van der Waals surface area contributed by atoms with Crippen molar-refractivity contribution < 1.29 is 9.59 Å². The fourth-order valence-electron chi connectivity index (χ4n) is 7.96. The largest absolute Gasteiger partial charge is 0.294 e. The highest BCUT2D eigenvalue weighted by Crippen LogP contribution is 2.89. The number of fused-ring (bicyclic) bond motifs is 3. The molecule has 2 nitrogen and oxygen atoms in total. The van der Waals surface area contributed by atoms with E-state index in [0.717, 1.165) is 35.1 Å². The van der Waals surface area contributed by atoms with E-state index in [9.17, 15) is 9.59 Å². The zero-order valence-electron chi connectivity index (χ0n) is 18.1. The number of carbonyl (C=O) groups is 2. The molecule has 6 rings (SSSR count). The zero-order chi connectivity index (χ0) is 20.6. The third kappa shape index (κ3) is 1.70. The number of allylic oxidation sites excluding steroid dienone is 2. The number of hydrogen-bond donors (Lipinski definition) is 0. The van der Waals surface area contributed by atoms with E-state index in [1.807, 2.05) is 0 Å². The summed E-state index contributed by atoms with van der Waals surface area (Å²) < 4.78 is 0. The van der Waals surface area contributed by atoms with Gasteiger partial charge in [-0.05, 0) is 76.7 Å². The van der Waals surface area contributed by atoms with E-state index in [1.165, 1.54) is 6.42 Å². The number of rotatable bonds is 2. The number of benzene rings is 1. The molecule has 1 aromatic carbocycles. The van der Waals surface area contributed by atoms with Crippen LogP contribution < -0.4 is 0 Å². The van der Waals surface area contributed by atoms with Gasteiger partial charge in [-0.3, -0.25) is 9.59 Å². The zero-order valence-corrected chi connectivity index (χ0v) is 18.1. The monoisotopic (exact) mass is 386 g/mol. The van der Waals surface area contributed by atoms with E-state index in [4.69, 9.17) is 0 Å². The van der Waals surface area contributed by atoms with Crippen LogP contribution in [0.15, 0.2) is 35.4 Å². The second kappa shape index (κ2) is 4.85. The number of ketones is 2. The summed E-state index contributed by atoms with van der Waals surface area (Å²) in [5, 5.41) is 0. The first kappa shape index (κ1) is 17.9. The molecule has 1 aromatic rings. The van der Waals surface area contributed by atoms with Crippen LogP contribution in [0.3, 0.4) is 0 Å². The maximum atomic E-state index is 13.1. The summed E-state index contributed by atoms with van der Waals surface area (Å²) >= 11 is 0. The Bertz CT molecular complexity index is 1050. The van der Waals surface area contributed by atoms with E-state index in [2.05, 4.69) is 71.0 Å². The predicted molar refractivity (Wildman–Crippen MR) is 115 cm³/mol. The molecule has 0 spiro atoms. The molecule has 0 N–H and O–H groups in total. The van der Waals surface area contributed by atoms with E-state index in [1.54, 1.807) is 0 Å². The highest BCUT2D eigenvalue weighted by atomic mass is 16.1. The molecule has 0 heterocycles. The molecule has 6 unspecified atom stereocenters. The van der Waals surface area contributed by atoms with Crippen molar-refractivity contribution >= 4 is 23.7 Å². The highest BCUT2D eigenvalue weighted by Gasteiger charge is 2.88. The van der Waals surface area contributed by atoms with E-state index in [-0.39, 0.29) is 21.7 Å². The second-order valence-corrected chi connectivity index (χ2v) is 11.5. The molecule has 5 aliphatic carbocycles. The topological polar surface area (TPSA) is 34.1 Å². The van der Waals surface area contributed by atoms with Crippen LogP contribution in [0.2, 0.25) is 0 Å². The summed E-state index contributed by atoms with van der Waals surface area (Å²) in [6, 6.07) is 8.40. The van der Waals surface area contributed by atoms with E-state index >= 15 is 0 Å². The second-order valence-electron chi connectivity index (χ2n) is 11.5. The lowest BCUT2D eigenvalue weighted by atomic mass is 9.70. The van der Waals surface area contributed by atoms with Crippen LogP contribution in [-0.2, 0) is 9.59 Å². The van der Waals surface area contributed by atoms with Gasteiger partial charge in [0, 0.05) is 16.4 Å². The van der Waals surface area contributed by atoms with Crippen molar-refractivity contribution in [2.45, 2.75) is 53.9 Å². The molecule has 0 aromatic heterocycles. The van der Waals surface area contributed by atoms with Crippen molar-refractivity contribution in [3.05, 3.63) is 46.5 Å². The smallest absolute Gasteiger partial charge is 0.165 e. The van der Waals surface area contributed by atoms with Crippen molar-refractivity contribution in [1.82, 2.24) is 0 Å². The number of hydrogen-bond acceptors (Lipinski definition) is 2. The summed E-state index contributed by atoms with van der Waals surface area (Å²) in [6.07, 6.45) is 7.56. The lowest BCUT2D eigenvalue weighted by molar-refractivity contribution is -0.125. The summed E-state index contributed by atoms with van der Waals surface area (Å²) in [7, 11) is 0. The normalized spacial score (nSPS) is 48.4. The Morgan fingerprint density at radius 1 is 0.828 bits per heavy atom. The Kier molecular flexibility index (Phi) is 2.99. The van der Waals surface area contributed by atoms with Crippen LogP contribution in [0.5, 0.6) is 0 Å². The van der Waals surface area contributed by atoms with Gasteiger partial charge in [-0.1, -0.05) is 58.9 Å². The Morgan fingerprint density at radius 2 is 1.38 bits per heavy atom. The van der Waals surface area contributed by atoms with E-state index < -0.39 is 0 Å². The lowest BCUT2D eigenvalue weighted by Gasteiger charge is -2.33. The minimum atomic E-state index is -0.204. The first-order valence-corrected chi connectivity index (χ1v) is 11.2. The Balaban J connectivity index is 1.29. The van der Waals surface area contributed by atoms with Crippen LogP contribution >= 0.6 is 0 Å². The quantitative estimate of drug-likeness (QED) is 0.609. The average molecular weight is 387 g/mol. The molecule has 5 saturated carbocycles. The van der Waals surface area contributed by atoms with Gasteiger partial charge in [0.15, 0.2) is 11.6 Å². The van der Waals surface area contributed by atoms with Gasteiger partial charge in [-0.2, -0.15) is 0 Å². The van der Waals surface area contributed by atoms with E-state index in [0.29, 0.717) is 29.3 Å². The standard InChI is InChI=1S/C27H30O2/c1-24(2)19-10-11-25(24,3)22(28)17(19)12-15-6-8-16(9-7-15)13-18-20-14-21-26(20,4)27(21,5)23(18)29/h6-9,12-13,19-21H,10-11,14H2,1-5H3/b17-12+,18-13+. The van der Waals surface area contributed by atoms with Gasteiger partial charge in [0.05, 0.1) is 0 Å². The fourth-order valence-corrected chi connectivity index (χ4v) is 7.96. The molecule has 6 atom stereocenters. The van der Waals surface area contributed by atoms with Crippen molar-refractivity contribution in [3.8, 4) is 0 Å². The van der Waals surface area contributed by atoms with Crippen LogP contribution in [0.4, 0.5) is 0 Å². The molecule has 150 valence electrons. The summed E-state index contributed by atoms with van der Waals surface area (Å²) in [4.78, 5) is 26.0. The van der Waals surface area contributed by atoms with Gasteiger partial charge in [0.2, 0.25) is 0 Å². The van der Waals surface area contributed by atoms with Crippen molar-refractivity contribution in [1.29, 1.82) is 0 Å². The molecule has 29 heavy (non-hydrogen) atoms.